The lowest BCUT2D eigenvalue weighted by Gasteiger charge is -2.23. The molecule has 0 aliphatic carbocycles. The molecule has 1 aliphatic heterocycles. The number of nitrogens with zero attached hydrogens (tertiary/aromatic N) is 1. The Labute approximate surface area is 144 Å². The number of amides is 2. The summed E-state index contributed by atoms with van der Waals surface area (Å²) in [5.41, 5.74) is 2.26. The minimum Gasteiger partial charge on any atom is -0.371 e. The Morgan fingerprint density at radius 1 is 1.17 bits per heavy atom. The maximum absolute atomic E-state index is 12.7. The van der Waals surface area contributed by atoms with Crippen LogP contribution >= 0.6 is 0 Å². The van der Waals surface area contributed by atoms with Gasteiger partial charge in [0, 0.05) is 36.4 Å². The highest BCUT2D eigenvalue weighted by molar-refractivity contribution is 6.02. The zero-order chi connectivity index (χ0) is 17.7. The molecule has 0 saturated carbocycles. The number of carbonyl (C=O) groups excluding carboxylic acids is 2. The molecule has 0 bridgehead atoms. The van der Waals surface area contributed by atoms with Crippen LogP contribution in [0.1, 0.15) is 57.3 Å². The normalized spacial score (nSPS) is 15.5. The van der Waals surface area contributed by atoms with Crippen molar-refractivity contribution in [1.29, 1.82) is 0 Å². The number of carbonyl (C=O) groups is 2. The number of rotatable bonds is 6. The molecule has 132 valence electrons. The molecule has 0 radical (unpaired) electrons. The molecule has 1 aliphatic rings. The number of anilines is 2. The third kappa shape index (κ3) is 4.49. The molecule has 1 atom stereocenters. The predicted octanol–water partition coefficient (Wildman–Crippen LogP) is 3.41. The lowest BCUT2D eigenvalue weighted by atomic mass is 10.1. The summed E-state index contributed by atoms with van der Waals surface area (Å²) in [7, 11) is 0. The van der Waals surface area contributed by atoms with E-state index in [0.717, 1.165) is 38.0 Å². The highest BCUT2D eigenvalue weighted by Gasteiger charge is 2.21. The van der Waals surface area contributed by atoms with Crippen molar-refractivity contribution >= 4 is 23.2 Å². The fourth-order valence-electron chi connectivity index (χ4n) is 2.72. The summed E-state index contributed by atoms with van der Waals surface area (Å²) in [6.07, 6.45) is 3.19. The van der Waals surface area contributed by atoms with Gasteiger partial charge in [0.15, 0.2) is 0 Å². The summed E-state index contributed by atoms with van der Waals surface area (Å²) < 4.78 is 0. The van der Waals surface area contributed by atoms with Gasteiger partial charge in [0.2, 0.25) is 5.91 Å². The van der Waals surface area contributed by atoms with Gasteiger partial charge in [-0.2, -0.15) is 0 Å². The van der Waals surface area contributed by atoms with Gasteiger partial charge in [0.1, 0.15) is 0 Å². The predicted molar refractivity (Wildman–Crippen MR) is 98.6 cm³/mol. The molecule has 1 unspecified atom stereocenters. The van der Waals surface area contributed by atoms with Gasteiger partial charge in [-0.1, -0.05) is 20.8 Å². The SMILES string of the molecule is CCC(C)NC(=O)c1cc(NC(=O)C(C)C)ccc1N1CCCC1. The Hall–Kier alpha value is -2.04. The summed E-state index contributed by atoms with van der Waals surface area (Å²) in [5, 5.41) is 5.92. The van der Waals surface area contributed by atoms with E-state index in [-0.39, 0.29) is 23.8 Å². The standard InChI is InChI=1S/C19H29N3O2/c1-5-14(4)20-19(24)16-12-15(21-18(23)13(2)3)8-9-17(16)22-10-6-7-11-22/h8-9,12-14H,5-7,10-11H2,1-4H3,(H,20,24)(H,21,23). The van der Waals surface area contributed by atoms with Crippen molar-refractivity contribution in [2.24, 2.45) is 5.92 Å². The molecular weight excluding hydrogens is 302 g/mol. The van der Waals surface area contributed by atoms with Gasteiger partial charge in [-0.25, -0.2) is 0 Å². The van der Waals surface area contributed by atoms with E-state index in [9.17, 15) is 9.59 Å². The van der Waals surface area contributed by atoms with Crippen LogP contribution in [0.15, 0.2) is 18.2 Å². The molecule has 2 rings (SSSR count). The second-order valence-corrected chi connectivity index (χ2v) is 6.85. The molecule has 1 aromatic carbocycles. The van der Waals surface area contributed by atoms with E-state index < -0.39 is 0 Å². The minimum atomic E-state index is -0.0966. The third-order valence-electron chi connectivity index (χ3n) is 4.47. The van der Waals surface area contributed by atoms with E-state index in [4.69, 9.17) is 0 Å². The maximum Gasteiger partial charge on any atom is 0.253 e. The van der Waals surface area contributed by atoms with Gasteiger partial charge in [-0.15, -0.1) is 0 Å². The zero-order valence-electron chi connectivity index (χ0n) is 15.2. The van der Waals surface area contributed by atoms with Crippen molar-refractivity contribution in [3.8, 4) is 0 Å². The molecular formula is C19H29N3O2. The van der Waals surface area contributed by atoms with E-state index in [2.05, 4.69) is 15.5 Å². The Kier molecular flexibility index (Phi) is 6.23. The van der Waals surface area contributed by atoms with Crippen molar-refractivity contribution in [3.63, 3.8) is 0 Å². The van der Waals surface area contributed by atoms with Crippen molar-refractivity contribution in [2.45, 2.75) is 53.0 Å². The Balaban J connectivity index is 2.30. The fourth-order valence-corrected chi connectivity index (χ4v) is 2.72. The molecule has 2 amide bonds. The average molecular weight is 331 g/mol. The zero-order valence-corrected chi connectivity index (χ0v) is 15.2. The van der Waals surface area contributed by atoms with Crippen LogP contribution in [0.5, 0.6) is 0 Å². The van der Waals surface area contributed by atoms with Gasteiger partial charge in [-0.05, 0) is 44.4 Å². The van der Waals surface area contributed by atoms with Gasteiger partial charge >= 0.3 is 0 Å². The second-order valence-electron chi connectivity index (χ2n) is 6.85. The van der Waals surface area contributed by atoms with Crippen LogP contribution in [0.4, 0.5) is 11.4 Å². The molecule has 0 spiro atoms. The van der Waals surface area contributed by atoms with Crippen LogP contribution in [-0.2, 0) is 4.79 Å². The van der Waals surface area contributed by atoms with Crippen LogP contribution in [0.3, 0.4) is 0 Å². The Morgan fingerprint density at radius 3 is 2.42 bits per heavy atom. The molecule has 0 aromatic heterocycles. The Morgan fingerprint density at radius 2 is 1.83 bits per heavy atom. The summed E-state index contributed by atoms with van der Waals surface area (Å²) in [4.78, 5) is 26.9. The minimum absolute atomic E-state index is 0.0443. The Bertz CT molecular complexity index is 592. The van der Waals surface area contributed by atoms with E-state index in [1.807, 2.05) is 39.8 Å². The first kappa shape index (κ1) is 18.3. The van der Waals surface area contributed by atoms with Crippen molar-refractivity contribution in [1.82, 2.24) is 5.32 Å². The monoisotopic (exact) mass is 331 g/mol. The van der Waals surface area contributed by atoms with Gasteiger partial charge in [0.05, 0.1) is 5.56 Å². The quantitative estimate of drug-likeness (QED) is 0.840. The van der Waals surface area contributed by atoms with Crippen LogP contribution in [-0.4, -0.2) is 30.9 Å². The topological polar surface area (TPSA) is 61.4 Å². The van der Waals surface area contributed by atoms with Crippen LogP contribution in [0.25, 0.3) is 0 Å². The molecule has 1 aromatic rings. The maximum atomic E-state index is 12.7. The van der Waals surface area contributed by atoms with Gasteiger partial charge < -0.3 is 15.5 Å². The number of benzene rings is 1. The highest BCUT2D eigenvalue weighted by atomic mass is 16.2. The third-order valence-corrected chi connectivity index (χ3v) is 4.47. The number of hydrogen-bond donors (Lipinski definition) is 2. The van der Waals surface area contributed by atoms with Crippen molar-refractivity contribution in [2.75, 3.05) is 23.3 Å². The summed E-state index contributed by atoms with van der Waals surface area (Å²) >= 11 is 0. The second kappa shape index (κ2) is 8.18. The van der Waals surface area contributed by atoms with Crippen LogP contribution in [0, 0.1) is 5.92 Å². The molecule has 1 heterocycles. The first-order valence-corrected chi connectivity index (χ1v) is 8.93. The average Bonchev–Trinajstić information content (AvgIpc) is 3.08. The lowest BCUT2D eigenvalue weighted by molar-refractivity contribution is -0.118. The molecule has 1 fully saturated rings. The smallest absolute Gasteiger partial charge is 0.253 e. The molecule has 2 N–H and O–H groups in total. The largest absolute Gasteiger partial charge is 0.371 e. The summed E-state index contributed by atoms with van der Waals surface area (Å²) in [6.45, 7) is 9.70. The van der Waals surface area contributed by atoms with Crippen molar-refractivity contribution < 1.29 is 9.59 Å². The van der Waals surface area contributed by atoms with E-state index >= 15 is 0 Å². The lowest BCUT2D eigenvalue weighted by Crippen LogP contribution is -2.33. The number of hydrogen-bond acceptors (Lipinski definition) is 3. The fraction of sp³-hybridized carbons (Fsp3) is 0.579. The molecule has 24 heavy (non-hydrogen) atoms. The van der Waals surface area contributed by atoms with Gasteiger partial charge in [0.25, 0.3) is 5.91 Å². The van der Waals surface area contributed by atoms with Gasteiger partial charge in [-0.3, -0.25) is 9.59 Å². The van der Waals surface area contributed by atoms with E-state index in [1.54, 1.807) is 6.07 Å². The van der Waals surface area contributed by atoms with Crippen molar-refractivity contribution in [3.05, 3.63) is 23.8 Å². The van der Waals surface area contributed by atoms with Crippen LogP contribution < -0.4 is 15.5 Å². The summed E-state index contributed by atoms with van der Waals surface area (Å²) in [5.74, 6) is -0.218. The summed E-state index contributed by atoms with van der Waals surface area (Å²) in [6, 6.07) is 5.75. The molecule has 5 nitrogen and oxygen atoms in total. The first-order chi connectivity index (χ1) is 11.4. The van der Waals surface area contributed by atoms with E-state index in [1.165, 1.54) is 0 Å². The highest BCUT2D eigenvalue weighted by Crippen LogP contribution is 2.28. The van der Waals surface area contributed by atoms with E-state index in [0.29, 0.717) is 11.3 Å². The number of nitrogens with one attached hydrogen (secondary N) is 2. The van der Waals surface area contributed by atoms with Crippen LogP contribution in [0.2, 0.25) is 0 Å². The first-order valence-electron chi connectivity index (χ1n) is 8.93. The molecule has 5 heteroatoms. The molecule has 1 saturated heterocycles.